The summed E-state index contributed by atoms with van der Waals surface area (Å²) in [4.78, 5) is 23.1. The molecular weight excluding hydrogens is 287 g/mol. The van der Waals surface area contributed by atoms with Crippen molar-refractivity contribution in [1.29, 1.82) is 0 Å². The number of halogens is 3. The van der Waals surface area contributed by atoms with Crippen molar-refractivity contribution in [1.82, 2.24) is 5.32 Å². The second kappa shape index (κ2) is 5.75. The molecule has 0 saturated heterocycles. The van der Waals surface area contributed by atoms with E-state index < -0.39 is 40.3 Å². The van der Waals surface area contributed by atoms with Gasteiger partial charge in [-0.25, -0.2) is 13.2 Å². The molecule has 0 heterocycles. The standard InChI is InChI=1S/C14H14F3NO3/c15-9-4-3-8(10(16)11(9)17)12(19)18-7-14(13(20)21)5-1-2-6-14/h3-4H,1-2,5-7H2,(H,18,19)(H,20,21). The Morgan fingerprint density at radius 3 is 2.33 bits per heavy atom. The van der Waals surface area contributed by atoms with Crippen LogP contribution in [0.1, 0.15) is 36.0 Å². The molecule has 0 atom stereocenters. The zero-order chi connectivity index (χ0) is 15.6. The second-order valence-electron chi connectivity index (χ2n) is 5.20. The molecule has 1 fully saturated rings. The highest BCUT2D eigenvalue weighted by atomic mass is 19.2. The van der Waals surface area contributed by atoms with Gasteiger partial charge in [0.15, 0.2) is 17.5 Å². The summed E-state index contributed by atoms with van der Waals surface area (Å²) in [6.07, 6.45) is 2.31. The molecule has 0 radical (unpaired) electrons. The van der Waals surface area contributed by atoms with E-state index in [2.05, 4.69) is 5.32 Å². The summed E-state index contributed by atoms with van der Waals surface area (Å²) in [5.74, 6) is -6.67. The number of carbonyl (C=O) groups is 2. The number of carbonyl (C=O) groups excluding carboxylic acids is 1. The molecule has 0 unspecified atom stereocenters. The van der Waals surface area contributed by atoms with Gasteiger partial charge in [0.05, 0.1) is 11.0 Å². The number of rotatable bonds is 4. The average molecular weight is 301 g/mol. The molecule has 2 N–H and O–H groups in total. The van der Waals surface area contributed by atoms with Crippen molar-refractivity contribution in [2.75, 3.05) is 6.54 Å². The van der Waals surface area contributed by atoms with Gasteiger partial charge in [-0.3, -0.25) is 9.59 Å². The first-order valence-corrected chi connectivity index (χ1v) is 6.52. The van der Waals surface area contributed by atoms with Crippen molar-refractivity contribution in [3.63, 3.8) is 0 Å². The van der Waals surface area contributed by atoms with Gasteiger partial charge in [-0.2, -0.15) is 0 Å². The number of aliphatic carboxylic acids is 1. The van der Waals surface area contributed by atoms with E-state index in [1.165, 1.54) is 0 Å². The molecule has 4 nitrogen and oxygen atoms in total. The van der Waals surface area contributed by atoms with E-state index in [4.69, 9.17) is 0 Å². The highest BCUT2D eigenvalue weighted by molar-refractivity contribution is 5.94. The Morgan fingerprint density at radius 2 is 1.76 bits per heavy atom. The number of carboxylic acids is 1. The van der Waals surface area contributed by atoms with Gasteiger partial charge in [0.25, 0.3) is 5.91 Å². The highest BCUT2D eigenvalue weighted by Crippen LogP contribution is 2.37. The maximum absolute atomic E-state index is 13.5. The zero-order valence-corrected chi connectivity index (χ0v) is 11.1. The maximum atomic E-state index is 13.5. The van der Waals surface area contributed by atoms with Gasteiger partial charge in [-0.05, 0) is 25.0 Å². The number of hydrogen-bond acceptors (Lipinski definition) is 2. The molecule has 7 heteroatoms. The monoisotopic (exact) mass is 301 g/mol. The summed E-state index contributed by atoms with van der Waals surface area (Å²) in [5.41, 5.74) is -1.71. The molecule has 1 saturated carbocycles. The minimum Gasteiger partial charge on any atom is -0.481 e. The van der Waals surface area contributed by atoms with E-state index >= 15 is 0 Å². The molecular formula is C14H14F3NO3. The molecule has 1 aromatic carbocycles. The Hall–Kier alpha value is -2.05. The molecule has 0 aromatic heterocycles. The van der Waals surface area contributed by atoms with Crippen LogP contribution < -0.4 is 5.32 Å². The molecule has 1 amide bonds. The third-order valence-corrected chi connectivity index (χ3v) is 3.88. The fourth-order valence-corrected chi connectivity index (χ4v) is 2.56. The Labute approximate surface area is 119 Å². The van der Waals surface area contributed by atoms with Crippen molar-refractivity contribution in [3.05, 3.63) is 35.1 Å². The van der Waals surface area contributed by atoms with Crippen LogP contribution in [0.5, 0.6) is 0 Å². The summed E-state index contributed by atoms with van der Waals surface area (Å²) in [5, 5.41) is 11.5. The minimum atomic E-state index is -1.73. The SMILES string of the molecule is O=C(NCC1(C(=O)O)CCCC1)c1ccc(F)c(F)c1F. The van der Waals surface area contributed by atoms with Gasteiger partial charge >= 0.3 is 5.97 Å². The third-order valence-electron chi connectivity index (χ3n) is 3.88. The predicted molar refractivity (Wildman–Crippen MR) is 67.2 cm³/mol. The van der Waals surface area contributed by atoms with Gasteiger partial charge in [0.2, 0.25) is 0 Å². The Bertz CT molecular complexity index is 583. The van der Waals surface area contributed by atoms with Gasteiger partial charge in [-0.1, -0.05) is 12.8 Å². The molecule has 114 valence electrons. The number of nitrogens with one attached hydrogen (secondary N) is 1. The number of carboxylic acid groups (broad SMARTS) is 1. The van der Waals surface area contributed by atoms with Crippen LogP contribution in [0.15, 0.2) is 12.1 Å². The molecule has 1 aliphatic carbocycles. The van der Waals surface area contributed by atoms with Crippen molar-refractivity contribution < 1.29 is 27.9 Å². The Morgan fingerprint density at radius 1 is 1.14 bits per heavy atom. The number of hydrogen-bond donors (Lipinski definition) is 2. The Kier molecular flexibility index (Phi) is 4.20. The number of benzene rings is 1. The first-order valence-electron chi connectivity index (χ1n) is 6.52. The summed E-state index contributed by atoms with van der Waals surface area (Å²) in [6, 6.07) is 1.47. The zero-order valence-electron chi connectivity index (χ0n) is 11.1. The van der Waals surface area contributed by atoms with Crippen LogP contribution in [-0.4, -0.2) is 23.5 Å². The van der Waals surface area contributed by atoms with Gasteiger partial charge < -0.3 is 10.4 Å². The summed E-state index contributed by atoms with van der Waals surface area (Å²) >= 11 is 0. The fraction of sp³-hybridized carbons (Fsp3) is 0.429. The van der Waals surface area contributed by atoms with E-state index in [-0.39, 0.29) is 6.54 Å². The van der Waals surface area contributed by atoms with Crippen molar-refractivity contribution in [2.24, 2.45) is 5.41 Å². The molecule has 1 aliphatic rings. The first-order chi connectivity index (χ1) is 9.87. The third kappa shape index (κ3) is 2.86. The van der Waals surface area contributed by atoms with Gasteiger partial charge in [0.1, 0.15) is 0 Å². The topological polar surface area (TPSA) is 66.4 Å². The molecule has 1 aromatic rings. The largest absolute Gasteiger partial charge is 0.481 e. The predicted octanol–water partition coefficient (Wildman–Crippen LogP) is 2.48. The summed E-state index contributed by atoms with van der Waals surface area (Å²) < 4.78 is 39.3. The smallest absolute Gasteiger partial charge is 0.311 e. The van der Waals surface area contributed by atoms with E-state index in [0.717, 1.165) is 18.9 Å². The lowest BCUT2D eigenvalue weighted by molar-refractivity contribution is -0.148. The van der Waals surface area contributed by atoms with Crippen molar-refractivity contribution in [2.45, 2.75) is 25.7 Å². The quantitative estimate of drug-likeness (QED) is 0.840. The Balaban J connectivity index is 2.12. The summed E-state index contributed by atoms with van der Waals surface area (Å²) in [7, 11) is 0. The second-order valence-corrected chi connectivity index (χ2v) is 5.20. The lowest BCUT2D eigenvalue weighted by atomic mass is 9.86. The molecule has 0 spiro atoms. The van der Waals surface area contributed by atoms with E-state index in [9.17, 15) is 27.9 Å². The maximum Gasteiger partial charge on any atom is 0.311 e. The van der Waals surface area contributed by atoms with Crippen LogP contribution in [0.3, 0.4) is 0 Å². The molecule has 0 bridgehead atoms. The minimum absolute atomic E-state index is 0.167. The summed E-state index contributed by atoms with van der Waals surface area (Å²) in [6.45, 7) is -0.167. The van der Waals surface area contributed by atoms with Crippen LogP contribution in [-0.2, 0) is 4.79 Å². The highest BCUT2D eigenvalue weighted by Gasteiger charge is 2.41. The van der Waals surface area contributed by atoms with Crippen LogP contribution in [0.4, 0.5) is 13.2 Å². The first kappa shape index (κ1) is 15.3. The van der Waals surface area contributed by atoms with Gasteiger partial charge in [0, 0.05) is 6.54 Å². The molecule has 21 heavy (non-hydrogen) atoms. The lowest BCUT2D eigenvalue weighted by Gasteiger charge is -2.24. The van der Waals surface area contributed by atoms with Crippen LogP contribution in [0.2, 0.25) is 0 Å². The average Bonchev–Trinajstić information content (AvgIpc) is 2.92. The van der Waals surface area contributed by atoms with Crippen molar-refractivity contribution in [3.8, 4) is 0 Å². The normalized spacial score (nSPS) is 16.7. The van der Waals surface area contributed by atoms with E-state index in [1.54, 1.807) is 0 Å². The fourth-order valence-electron chi connectivity index (χ4n) is 2.56. The van der Waals surface area contributed by atoms with Crippen LogP contribution >= 0.6 is 0 Å². The molecule has 2 rings (SSSR count). The van der Waals surface area contributed by atoms with Crippen LogP contribution in [0, 0.1) is 22.9 Å². The van der Waals surface area contributed by atoms with Crippen LogP contribution in [0.25, 0.3) is 0 Å². The van der Waals surface area contributed by atoms with Gasteiger partial charge in [-0.15, -0.1) is 0 Å². The van der Waals surface area contributed by atoms with Crippen molar-refractivity contribution >= 4 is 11.9 Å². The number of amides is 1. The lowest BCUT2D eigenvalue weighted by Crippen LogP contribution is -2.41. The van der Waals surface area contributed by atoms with E-state index in [0.29, 0.717) is 18.9 Å². The molecule has 0 aliphatic heterocycles. The van der Waals surface area contributed by atoms with E-state index in [1.807, 2.05) is 0 Å².